The number of carbonyl (C=O) groups is 1. The van der Waals surface area contributed by atoms with E-state index in [9.17, 15) is 4.79 Å². The summed E-state index contributed by atoms with van der Waals surface area (Å²) in [5.74, 6) is -0.863. The summed E-state index contributed by atoms with van der Waals surface area (Å²) in [4.78, 5) is 10.9. The molecule has 0 amide bonds. The highest BCUT2D eigenvalue weighted by Crippen LogP contribution is 2.31. The van der Waals surface area contributed by atoms with Gasteiger partial charge in [-0.25, -0.2) is 0 Å². The second kappa shape index (κ2) is 3.44. The fraction of sp³-hybridized carbons (Fsp3) is 0.182. The molecule has 0 aromatic rings. The maximum Gasteiger partial charge on any atom is 0.317 e. The van der Waals surface area contributed by atoms with E-state index in [0.717, 1.165) is 5.57 Å². The van der Waals surface area contributed by atoms with Crippen molar-refractivity contribution in [2.24, 2.45) is 5.41 Å². The molecular formula is C11H12O2. The summed E-state index contributed by atoms with van der Waals surface area (Å²) in [6, 6.07) is 0. The third-order valence-corrected chi connectivity index (χ3v) is 2.25. The molecule has 1 rings (SSSR count). The summed E-state index contributed by atoms with van der Waals surface area (Å²) in [7, 11) is 0. The first-order valence-electron chi connectivity index (χ1n) is 4.03. The average molecular weight is 176 g/mol. The summed E-state index contributed by atoms with van der Waals surface area (Å²) >= 11 is 0. The van der Waals surface area contributed by atoms with Crippen LogP contribution in [0.25, 0.3) is 0 Å². The van der Waals surface area contributed by atoms with Crippen LogP contribution in [0.2, 0.25) is 0 Å². The summed E-state index contributed by atoms with van der Waals surface area (Å²) in [5, 5.41) is 8.97. The lowest BCUT2D eigenvalue weighted by molar-refractivity contribution is -0.143. The molecule has 0 spiro atoms. The van der Waals surface area contributed by atoms with Crippen molar-refractivity contribution in [3.05, 3.63) is 49.1 Å². The van der Waals surface area contributed by atoms with E-state index in [1.165, 1.54) is 6.08 Å². The van der Waals surface area contributed by atoms with Crippen molar-refractivity contribution in [3.63, 3.8) is 0 Å². The third-order valence-electron chi connectivity index (χ3n) is 2.25. The SMILES string of the molecule is C=CC1=CCC(C=C)(C(=O)O)C=C1. The first-order chi connectivity index (χ1) is 6.14. The van der Waals surface area contributed by atoms with Gasteiger partial charge < -0.3 is 5.11 Å². The average Bonchev–Trinajstić information content (AvgIpc) is 2.17. The third kappa shape index (κ3) is 1.61. The Labute approximate surface area is 77.6 Å². The molecule has 1 aliphatic carbocycles. The zero-order valence-electron chi connectivity index (χ0n) is 7.36. The first-order valence-corrected chi connectivity index (χ1v) is 4.03. The normalized spacial score (nSPS) is 26.3. The van der Waals surface area contributed by atoms with Gasteiger partial charge in [-0.05, 0) is 12.0 Å². The lowest BCUT2D eigenvalue weighted by Crippen LogP contribution is -2.27. The van der Waals surface area contributed by atoms with Crippen molar-refractivity contribution in [2.75, 3.05) is 0 Å². The Morgan fingerprint density at radius 1 is 1.62 bits per heavy atom. The summed E-state index contributed by atoms with van der Waals surface area (Å²) < 4.78 is 0. The van der Waals surface area contributed by atoms with Crippen molar-refractivity contribution in [1.82, 2.24) is 0 Å². The van der Waals surface area contributed by atoms with Gasteiger partial charge in [-0.3, -0.25) is 4.79 Å². The van der Waals surface area contributed by atoms with E-state index in [4.69, 9.17) is 5.11 Å². The van der Waals surface area contributed by atoms with E-state index >= 15 is 0 Å². The van der Waals surface area contributed by atoms with Gasteiger partial charge in [-0.2, -0.15) is 0 Å². The topological polar surface area (TPSA) is 37.3 Å². The van der Waals surface area contributed by atoms with Gasteiger partial charge in [-0.15, -0.1) is 6.58 Å². The van der Waals surface area contributed by atoms with E-state index < -0.39 is 11.4 Å². The van der Waals surface area contributed by atoms with Crippen LogP contribution in [0, 0.1) is 5.41 Å². The predicted octanol–water partition coefficient (Wildman–Crippen LogP) is 2.32. The zero-order valence-corrected chi connectivity index (χ0v) is 7.36. The van der Waals surface area contributed by atoms with Crippen LogP contribution < -0.4 is 0 Å². The molecule has 1 unspecified atom stereocenters. The Kier molecular flexibility index (Phi) is 2.52. The van der Waals surface area contributed by atoms with Crippen molar-refractivity contribution >= 4 is 5.97 Å². The largest absolute Gasteiger partial charge is 0.480 e. The second-order valence-electron chi connectivity index (χ2n) is 3.00. The Balaban J connectivity index is 2.95. The van der Waals surface area contributed by atoms with Crippen LogP contribution in [0.3, 0.4) is 0 Å². The number of carboxylic acid groups (broad SMARTS) is 1. The molecule has 0 heterocycles. The molecule has 1 aliphatic rings. The highest BCUT2D eigenvalue weighted by atomic mass is 16.4. The molecule has 2 heteroatoms. The van der Waals surface area contributed by atoms with E-state index in [2.05, 4.69) is 13.2 Å². The fourth-order valence-electron chi connectivity index (χ4n) is 1.22. The van der Waals surface area contributed by atoms with E-state index in [0.29, 0.717) is 6.42 Å². The van der Waals surface area contributed by atoms with Crippen LogP contribution in [0.1, 0.15) is 6.42 Å². The number of rotatable bonds is 3. The molecule has 2 nitrogen and oxygen atoms in total. The van der Waals surface area contributed by atoms with Crippen LogP contribution in [0.15, 0.2) is 49.1 Å². The Morgan fingerprint density at radius 2 is 2.31 bits per heavy atom. The maximum atomic E-state index is 10.9. The minimum atomic E-state index is -0.924. The van der Waals surface area contributed by atoms with Gasteiger partial charge in [0, 0.05) is 0 Å². The molecule has 0 aromatic heterocycles. The summed E-state index contributed by atoms with van der Waals surface area (Å²) in [6.45, 7) is 7.15. The smallest absolute Gasteiger partial charge is 0.317 e. The lowest BCUT2D eigenvalue weighted by Gasteiger charge is -2.23. The molecule has 1 atom stereocenters. The van der Waals surface area contributed by atoms with Crippen molar-refractivity contribution in [3.8, 4) is 0 Å². The molecule has 13 heavy (non-hydrogen) atoms. The van der Waals surface area contributed by atoms with Gasteiger partial charge in [0.2, 0.25) is 0 Å². The van der Waals surface area contributed by atoms with Crippen LogP contribution >= 0.6 is 0 Å². The maximum absolute atomic E-state index is 10.9. The van der Waals surface area contributed by atoms with Crippen molar-refractivity contribution in [2.45, 2.75) is 6.42 Å². The Bertz CT molecular complexity index is 310. The molecule has 0 aliphatic heterocycles. The minimum Gasteiger partial charge on any atom is -0.480 e. The summed E-state index contributed by atoms with van der Waals surface area (Å²) in [5.41, 5.74) is 0.0331. The number of aliphatic carboxylic acids is 1. The van der Waals surface area contributed by atoms with Crippen LogP contribution in [0.4, 0.5) is 0 Å². The van der Waals surface area contributed by atoms with Crippen molar-refractivity contribution in [1.29, 1.82) is 0 Å². The van der Waals surface area contributed by atoms with E-state index in [-0.39, 0.29) is 0 Å². The molecule has 68 valence electrons. The van der Waals surface area contributed by atoms with Crippen LogP contribution in [0.5, 0.6) is 0 Å². The number of carboxylic acids is 1. The predicted molar refractivity (Wildman–Crippen MR) is 52.3 cm³/mol. The van der Waals surface area contributed by atoms with E-state index in [1.807, 2.05) is 6.08 Å². The van der Waals surface area contributed by atoms with E-state index in [1.54, 1.807) is 18.2 Å². The number of hydrogen-bond donors (Lipinski definition) is 1. The van der Waals surface area contributed by atoms with Crippen LogP contribution in [-0.2, 0) is 4.79 Å². The quantitative estimate of drug-likeness (QED) is 0.670. The molecular weight excluding hydrogens is 164 g/mol. The lowest BCUT2D eigenvalue weighted by atomic mass is 9.80. The highest BCUT2D eigenvalue weighted by Gasteiger charge is 2.32. The summed E-state index contributed by atoms with van der Waals surface area (Å²) in [6.07, 6.45) is 8.87. The number of allylic oxidation sites excluding steroid dienone is 4. The molecule has 0 aromatic carbocycles. The van der Waals surface area contributed by atoms with Gasteiger partial charge in [0.1, 0.15) is 5.41 Å². The second-order valence-corrected chi connectivity index (χ2v) is 3.00. The number of hydrogen-bond acceptors (Lipinski definition) is 1. The van der Waals surface area contributed by atoms with Gasteiger partial charge in [0.25, 0.3) is 0 Å². The zero-order chi connectivity index (χ0) is 9.90. The van der Waals surface area contributed by atoms with Gasteiger partial charge >= 0.3 is 5.97 Å². The monoisotopic (exact) mass is 176 g/mol. The van der Waals surface area contributed by atoms with Gasteiger partial charge in [0.05, 0.1) is 0 Å². The molecule has 0 bridgehead atoms. The van der Waals surface area contributed by atoms with Gasteiger partial charge in [0.15, 0.2) is 0 Å². The van der Waals surface area contributed by atoms with Crippen LogP contribution in [-0.4, -0.2) is 11.1 Å². The molecule has 0 fully saturated rings. The first kappa shape index (κ1) is 9.52. The molecule has 0 radical (unpaired) electrons. The highest BCUT2D eigenvalue weighted by molar-refractivity contribution is 5.80. The molecule has 1 N–H and O–H groups in total. The fourth-order valence-corrected chi connectivity index (χ4v) is 1.22. The molecule has 0 saturated heterocycles. The Hall–Kier alpha value is -1.57. The Morgan fingerprint density at radius 3 is 2.62 bits per heavy atom. The van der Waals surface area contributed by atoms with Crippen molar-refractivity contribution < 1.29 is 9.90 Å². The van der Waals surface area contributed by atoms with Gasteiger partial charge in [-0.1, -0.05) is 37.0 Å². The standard InChI is InChI=1S/C11H12O2/c1-3-9-5-7-11(4-2,8-6-9)10(12)13/h3-7H,1-2,8H2,(H,12,13). The molecule has 0 saturated carbocycles. The minimum absolute atomic E-state index is 0.448.